The summed E-state index contributed by atoms with van der Waals surface area (Å²) >= 11 is 0. The third-order valence-electron chi connectivity index (χ3n) is 4.61. The van der Waals surface area contributed by atoms with Gasteiger partial charge in [0.05, 0.1) is 20.1 Å². The number of carbonyl (C=O) groups is 2. The smallest absolute Gasteiger partial charge is 0.326 e. The molecule has 0 aliphatic carbocycles. The van der Waals surface area contributed by atoms with Crippen LogP contribution in [0.15, 0.2) is 48.5 Å². The van der Waals surface area contributed by atoms with Crippen LogP contribution in [0.2, 0.25) is 0 Å². The number of nitrogens with one attached hydrogen (secondary N) is 1. The molecule has 2 unspecified atom stereocenters. The Bertz CT molecular complexity index is 821. The van der Waals surface area contributed by atoms with E-state index in [1.807, 2.05) is 43.3 Å². The van der Waals surface area contributed by atoms with E-state index in [2.05, 4.69) is 5.32 Å². The molecule has 1 aliphatic rings. The monoisotopic (exact) mass is 354 g/mol. The summed E-state index contributed by atoms with van der Waals surface area (Å²) in [6.45, 7) is 1.93. The molecule has 2 aromatic rings. The Kier molecular flexibility index (Phi) is 5.11. The molecule has 2 atom stereocenters. The number of para-hydroxylation sites is 1. The quantitative estimate of drug-likeness (QED) is 0.852. The second-order valence-electron chi connectivity index (χ2n) is 6.25. The highest BCUT2D eigenvalue weighted by Crippen LogP contribution is 2.39. The van der Waals surface area contributed by atoms with Crippen LogP contribution in [-0.2, 0) is 9.53 Å². The molecule has 26 heavy (non-hydrogen) atoms. The van der Waals surface area contributed by atoms with Gasteiger partial charge in [-0.2, -0.15) is 0 Å². The lowest BCUT2D eigenvalue weighted by atomic mass is 9.86. The molecule has 1 N–H and O–H groups in total. The maximum Gasteiger partial charge on any atom is 0.326 e. The largest absolute Gasteiger partial charge is 0.497 e. The van der Waals surface area contributed by atoms with Crippen molar-refractivity contribution in [2.45, 2.75) is 25.3 Å². The first kappa shape index (κ1) is 17.8. The van der Waals surface area contributed by atoms with Gasteiger partial charge in [-0.15, -0.1) is 0 Å². The summed E-state index contributed by atoms with van der Waals surface area (Å²) < 4.78 is 10.1. The van der Waals surface area contributed by atoms with Crippen LogP contribution >= 0.6 is 0 Å². The predicted molar refractivity (Wildman–Crippen MR) is 99.8 cm³/mol. The third-order valence-corrected chi connectivity index (χ3v) is 4.61. The van der Waals surface area contributed by atoms with Gasteiger partial charge in [0.1, 0.15) is 5.75 Å². The number of methoxy groups -OCH3 is 2. The molecule has 1 heterocycles. The van der Waals surface area contributed by atoms with Crippen LogP contribution in [0.5, 0.6) is 5.75 Å². The molecular weight excluding hydrogens is 332 g/mol. The number of rotatable bonds is 3. The summed E-state index contributed by atoms with van der Waals surface area (Å²) in [6.07, 6.45) is 0.509. The summed E-state index contributed by atoms with van der Waals surface area (Å²) in [7, 11) is 2.97. The standard InChI is InChI=1S/C20H22N2O4/c1-13-11-17(19(23)26-3)16-9-4-5-10-18(16)22(13)20(24)21-14-7-6-8-15(12-14)25-2/h4-10,12-13,17H,11H2,1-3H3,(H,21,24). The average molecular weight is 354 g/mol. The van der Waals surface area contributed by atoms with Gasteiger partial charge < -0.3 is 14.8 Å². The number of urea groups is 1. The molecule has 0 fully saturated rings. The summed E-state index contributed by atoms with van der Waals surface area (Å²) in [5.74, 6) is 0.0184. The van der Waals surface area contributed by atoms with Gasteiger partial charge in [0.25, 0.3) is 0 Å². The number of carbonyl (C=O) groups excluding carboxylic acids is 2. The lowest BCUT2D eigenvalue weighted by Crippen LogP contribution is -2.46. The molecule has 2 aromatic carbocycles. The lowest BCUT2D eigenvalue weighted by molar-refractivity contribution is -0.142. The molecule has 136 valence electrons. The normalized spacial score (nSPS) is 18.7. The Morgan fingerprint density at radius 2 is 1.88 bits per heavy atom. The summed E-state index contributed by atoms with van der Waals surface area (Å²) in [5.41, 5.74) is 2.18. The Morgan fingerprint density at radius 1 is 1.12 bits per heavy atom. The van der Waals surface area contributed by atoms with Crippen molar-refractivity contribution < 1.29 is 19.1 Å². The highest BCUT2D eigenvalue weighted by molar-refractivity contribution is 6.04. The molecule has 1 aliphatic heterocycles. The third kappa shape index (κ3) is 3.35. The van der Waals surface area contributed by atoms with E-state index >= 15 is 0 Å². The summed E-state index contributed by atoms with van der Waals surface area (Å²) in [4.78, 5) is 26.8. The van der Waals surface area contributed by atoms with Gasteiger partial charge in [-0.3, -0.25) is 9.69 Å². The molecule has 2 amide bonds. The molecule has 0 aromatic heterocycles. The zero-order valence-corrected chi connectivity index (χ0v) is 15.1. The van der Waals surface area contributed by atoms with E-state index in [0.29, 0.717) is 17.9 Å². The highest BCUT2D eigenvalue weighted by atomic mass is 16.5. The van der Waals surface area contributed by atoms with Crippen LogP contribution in [0.1, 0.15) is 24.8 Å². The fraction of sp³-hybridized carbons (Fsp3) is 0.300. The molecule has 0 bridgehead atoms. The molecule has 0 saturated heterocycles. The Labute approximate surface area is 152 Å². The van der Waals surface area contributed by atoms with Gasteiger partial charge in [-0.1, -0.05) is 24.3 Å². The van der Waals surface area contributed by atoms with Gasteiger partial charge in [-0.05, 0) is 37.1 Å². The Morgan fingerprint density at radius 3 is 2.62 bits per heavy atom. The fourth-order valence-electron chi connectivity index (χ4n) is 3.37. The fourth-order valence-corrected chi connectivity index (χ4v) is 3.37. The van der Waals surface area contributed by atoms with Gasteiger partial charge in [-0.25, -0.2) is 4.79 Å². The number of nitrogens with zero attached hydrogens (tertiary/aromatic N) is 1. The van der Waals surface area contributed by atoms with E-state index < -0.39 is 0 Å². The van der Waals surface area contributed by atoms with Gasteiger partial charge in [0.2, 0.25) is 0 Å². The number of anilines is 2. The highest BCUT2D eigenvalue weighted by Gasteiger charge is 2.37. The van der Waals surface area contributed by atoms with Crippen LogP contribution < -0.4 is 15.0 Å². The molecule has 3 rings (SSSR count). The number of fused-ring (bicyclic) bond motifs is 1. The number of ether oxygens (including phenoxy) is 2. The second kappa shape index (κ2) is 7.47. The summed E-state index contributed by atoms with van der Waals surface area (Å²) in [6, 6.07) is 14.2. The van der Waals surface area contributed by atoms with E-state index in [9.17, 15) is 9.59 Å². The number of hydrogen-bond donors (Lipinski definition) is 1. The molecule has 0 spiro atoms. The Hall–Kier alpha value is -3.02. The molecule has 0 radical (unpaired) electrons. The van der Waals surface area contributed by atoms with Gasteiger partial charge in [0.15, 0.2) is 0 Å². The van der Waals surface area contributed by atoms with Crippen LogP contribution in [0, 0.1) is 0 Å². The first-order valence-electron chi connectivity index (χ1n) is 8.46. The van der Waals surface area contributed by atoms with Gasteiger partial charge >= 0.3 is 12.0 Å². The van der Waals surface area contributed by atoms with Crippen molar-refractivity contribution in [3.8, 4) is 5.75 Å². The Balaban J connectivity index is 1.91. The molecule has 0 saturated carbocycles. The number of amides is 2. The number of benzene rings is 2. The van der Waals surface area contributed by atoms with Crippen molar-refractivity contribution in [1.29, 1.82) is 0 Å². The predicted octanol–water partition coefficient (Wildman–Crippen LogP) is 3.78. The minimum Gasteiger partial charge on any atom is -0.497 e. The second-order valence-corrected chi connectivity index (χ2v) is 6.25. The minimum absolute atomic E-state index is 0.153. The molecular formula is C20H22N2O4. The van der Waals surface area contributed by atoms with Crippen molar-refractivity contribution in [2.24, 2.45) is 0 Å². The van der Waals surface area contributed by atoms with Crippen molar-refractivity contribution in [3.63, 3.8) is 0 Å². The van der Waals surface area contributed by atoms with Crippen molar-refractivity contribution in [3.05, 3.63) is 54.1 Å². The number of hydrogen-bond acceptors (Lipinski definition) is 4. The first-order valence-corrected chi connectivity index (χ1v) is 8.46. The molecule has 6 nitrogen and oxygen atoms in total. The van der Waals surface area contributed by atoms with E-state index in [1.54, 1.807) is 24.1 Å². The van der Waals surface area contributed by atoms with Crippen molar-refractivity contribution in [2.75, 3.05) is 24.4 Å². The first-order chi connectivity index (χ1) is 12.5. The van der Waals surface area contributed by atoms with Crippen LogP contribution in [0.25, 0.3) is 0 Å². The van der Waals surface area contributed by atoms with Crippen LogP contribution in [0.3, 0.4) is 0 Å². The van der Waals surface area contributed by atoms with Crippen molar-refractivity contribution >= 4 is 23.4 Å². The summed E-state index contributed by atoms with van der Waals surface area (Å²) in [5, 5.41) is 2.91. The number of esters is 1. The zero-order valence-electron chi connectivity index (χ0n) is 15.1. The van der Waals surface area contributed by atoms with E-state index in [0.717, 1.165) is 11.3 Å². The average Bonchev–Trinajstić information content (AvgIpc) is 2.66. The van der Waals surface area contributed by atoms with Crippen LogP contribution in [-0.4, -0.2) is 32.3 Å². The van der Waals surface area contributed by atoms with Crippen molar-refractivity contribution in [1.82, 2.24) is 0 Å². The SMILES string of the molecule is COC(=O)C1CC(C)N(C(=O)Nc2cccc(OC)c2)c2ccccc21. The van der Waals surface area contributed by atoms with Gasteiger partial charge in [0, 0.05) is 23.5 Å². The topological polar surface area (TPSA) is 67.9 Å². The maximum absolute atomic E-state index is 12.9. The van der Waals surface area contributed by atoms with E-state index in [4.69, 9.17) is 9.47 Å². The van der Waals surface area contributed by atoms with E-state index in [1.165, 1.54) is 7.11 Å². The lowest BCUT2D eigenvalue weighted by Gasteiger charge is -2.38. The minimum atomic E-state index is -0.368. The maximum atomic E-state index is 12.9. The van der Waals surface area contributed by atoms with Crippen LogP contribution in [0.4, 0.5) is 16.2 Å². The molecule has 6 heteroatoms. The zero-order chi connectivity index (χ0) is 18.7. The van der Waals surface area contributed by atoms with E-state index in [-0.39, 0.29) is 24.0 Å².